The zero-order chi connectivity index (χ0) is 16.0. The zero-order valence-corrected chi connectivity index (χ0v) is 11.5. The summed E-state index contributed by atoms with van der Waals surface area (Å²) < 4.78 is 41.8. The predicted octanol–water partition coefficient (Wildman–Crippen LogP) is 2.41. The minimum atomic E-state index is -4.42. The van der Waals surface area contributed by atoms with Crippen molar-refractivity contribution in [1.82, 2.24) is 5.32 Å². The molecule has 0 fully saturated rings. The van der Waals surface area contributed by atoms with Crippen molar-refractivity contribution in [2.24, 2.45) is 0 Å². The summed E-state index contributed by atoms with van der Waals surface area (Å²) >= 11 is 0. The maximum atomic E-state index is 12.5. The number of alkyl halides is 3. The molecule has 0 radical (unpaired) electrons. The summed E-state index contributed by atoms with van der Waals surface area (Å²) in [7, 11) is 1.20. The standard InChI is InChI=1S/C13H15F3N2O3/c1-9(19)18(8-7-17-12(20)21-2)11-5-3-10(4-6-11)13(14,15)16/h3-6H,7-8H2,1-2H3,(H,17,20). The van der Waals surface area contributed by atoms with Gasteiger partial charge in [0.25, 0.3) is 0 Å². The van der Waals surface area contributed by atoms with Gasteiger partial charge < -0.3 is 15.0 Å². The lowest BCUT2D eigenvalue weighted by molar-refractivity contribution is -0.137. The third-order valence-electron chi connectivity index (χ3n) is 2.68. The summed E-state index contributed by atoms with van der Waals surface area (Å²) in [6, 6.07) is 4.22. The van der Waals surface area contributed by atoms with E-state index in [9.17, 15) is 22.8 Å². The van der Waals surface area contributed by atoms with Crippen molar-refractivity contribution in [1.29, 1.82) is 0 Å². The Balaban J connectivity index is 2.77. The Kier molecular flexibility index (Phi) is 5.57. The molecule has 0 saturated heterocycles. The van der Waals surface area contributed by atoms with Crippen LogP contribution in [0.1, 0.15) is 12.5 Å². The third kappa shape index (κ3) is 4.97. The maximum Gasteiger partial charge on any atom is 0.416 e. The molecule has 0 atom stereocenters. The number of anilines is 1. The molecule has 0 aromatic heterocycles. The number of hydrogen-bond acceptors (Lipinski definition) is 3. The van der Waals surface area contributed by atoms with E-state index in [1.165, 1.54) is 31.1 Å². The second-order valence-electron chi connectivity index (χ2n) is 4.13. The fourth-order valence-corrected chi connectivity index (χ4v) is 1.64. The number of rotatable bonds is 4. The van der Waals surface area contributed by atoms with Crippen molar-refractivity contribution in [3.8, 4) is 0 Å². The van der Waals surface area contributed by atoms with E-state index in [0.29, 0.717) is 5.69 Å². The van der Waals surface area contributed by atoms with Crippen LogP contribution >= 0.6 is 0 Å². The Bertz CT molecular complexity index is 500. The molecule has 1 aromatic rings. The van der Waals surface area contributed by atoms with Crippen LogP contribution in [-0.4, -0.2) is 32.2 Å². The molecule has 8 heteroatoms. The number of methoxy groups -OCH3 is 1. The van der Waals surface area contributed by atoms with Gasteiger partial charge in [0.1, 0.15) is 0 Å². The Morgan fingerprint density at radius 2 is 1.81 bits per heavy atom. The van der Waals surface area contributed by atoms with Crippen molar-refractivity contribution in [3.05, 3.63) is 29.8 Å². The Morgan fingerprint density at radius 3 is 2.24 bits per heavy atom. The quantitative estimate of drug-likeness (QED) is 0.929. The number of alkyl carbamates (subject to hydrolysis) is 1. The molecule has 0 saturated carbocycles. The van der Waals surface area contributed by atoms with Crippen LogP contribution < -0.4 is 10.2 Å². The van der Waals surface area contributed by atoms with E-state index in [4.69, 9.17) is 0 Å². The van der Waals surface area contributed by atoms with E-state index in [2.05, 4.69) is 10.1 Å². The maximum absolute atomic E-state index is 12.5. The summed E-state index contributed by atoms with van der Waals surface area (Å²) in [6.45, 7) is 1.53. The average molecular weight is 304 g/mol. The molecular formula is C13H15F3N2O3. The molecular weight excluding hydrogens is 289 g/mol. The Labute approximate surface area is 119 Å². The van der Waals surface area contributed by atoms with Crippen LogP contribution in [-0.2, 0) is 15.7 Å². The number of ether oxygens (including phenoxy) is 1. The highest BCUT2D eigenvalue weighted by Crippen LogP contribution is 2.30. The molecule has 5 nitrogen and oxygen atoms in total. The van der Waals surface area contributed by atoms with Crippen LogP contribution in [0.4, 0.5) is 23.7 Å². The van der Waals surface area contributed by atoms with Crippen LogP contribution in [0.5, 0.6) is 0 Å². The summed E-state index contributed by atoms with van der Waals surface area (Å²) in [6.07, 6.45) is -5.07. The summed E-state index contributed by atoms with van der Waals surface area (Å²) in [5.41, 5.74) is -0.468. The molecule has 1 N–H and O–H groups in total. The van der Waals surface area contributed by atoms with Crippen molar-refractivity contribution in [3.63, 3.8) is 0 Å². The van der Waals surface area contributed by atoms with Gasteiger partial charge in [0.05, 0.1) is 12.7 Å². The lowest BCUT2D eigenvalue weighted by Crippen LogP contribution is -2.37. The van der Waals surface area contributed by atoms with E-state index in [0.717, 1.165) is 12.1 Å². The van der Waals surface area contributed by atoms with E-state index in [1.807, 2.05) is 0 Å². The number of hydrogen-bond donors (Lipinski definition) is 1. The van der Waals surface area contributed by atoms with Gasteiger partial charge in [-0.25, -0.2) is 4.79 Å². The van der Waals surface area contributed by atoms with Crippen molar-refractivity contribution >= 4 is 17.7 Å². The van der Waals surface area contributed by atoms with Crippen molar-refractivity contribution in [2.75, 3.05) is 25.1 Å². The van der Waals surface area contributed by atoms with Gasteiger partial charge in [-0.15, -0.1) is 0 Å². The number of nitrogens with zero attached hydrogens (tertiary/aromatic N) is 1. The number of nitrogens with one attached hydrogen (secondary N) is 1. The zero-order valence-electron chi connectivity index (χ0n) is 11.5. The topological polar surface area (TPSA) is 58.6 Å². The Hall–Kier alpha value is -2.25. The fourth-order valence-electron chi connectivity index (χ4n) is 1.64. The van der Waals surface area contributed by atoms with Gasteiger partial charge in [0.15, 0.2) is 0 Å². The SMILES string of the molecule is COC(=O)NCCN(C(C)=O)c1ccc(C(F)(F)F)cc1. The average Bonchev–Trinajstić information content (AvgIpc) is 2.42. The number of halogens is 3. The molecule has 21 heavy (non-hydrogen) atoms. The first-order valence-corrected chi connectivity index (χ1v) is 6.03. The van der Waals surface area contributed by atoms with E-state index in [-0.39, 0.29) is 19.0 Å². The number of amides is 2. The first-order chi connectivity index (χ1) is 9.75. The monoisotopic (exact) mass is 304 g/mol. The number of carbonyl (C=O) groups excluding carboxylic acids is 2. The van der Waals surface area contributed by atoms with Crippen LogP contribution in [0.25, 0.3) is 0 Å². The first-order valence-electron chi connectivity index (χ1n) is 6.03. The van der Waals surface area contributed by atoms with E-state index >= 15 is 0 Å². The smallest absolute Gasteiger partial charge is 0.416 e. The Morgan fingerprint density at radius 1 is 1.24 bits per heavy atom. The highest BCUT2D eigenvalue weighted by molar-refractivity contribution is 5.91. The lowest BCUT2D eigenvalue weighted by Gasteiger charge is -2.21. The van der Waals surface area contributed by atoms with Crippen molar-refractivity contribution in [2.45, 2.75) is 13.1 Å². The summed E-state index contributed by atoms with van der Waals surface area (Å²) in [5, 5.41) is 2.39. The fraction of sp³-hybridized carbons (Fsp3) is 0.385. The highest BCUT2D eigenvalue weighted by atomic mass is 19.4. The van der Waals surface area contributed by atoms with Gasteiger partial charge in [-0.3, -0.25) is 4.79 Å². The summed E-state index contributed by atoms with van der Waals surface area (Å²) in [4.78, 5) is 23.7. The van der Waals surface area contributed by atoms with Crippen LogP contribution in [0.15, 0.2) is 24.3 Å². The van der Waals surface area contributed by atoms with Gasteiger partial charge >= 0.3 is 12.3 Å². The molecule has 0 aliphatic carbocycles. The van der Waals surface area contributed by atoms with Crippen molar-refractivity contribution < 1.29 is 27.5 Å². The molecule has 0 aliphatic rings. The predicted molar refractivity (Wildman–Crippen MR) is 69.9 cm³/mol. The van der Waals surface area contributed by atoms with Gasteiger partial charge in [-0.1, -0.05) is 0 Å². The molecule has 0 heterocycles. The normalized spacial score (nSPS) is 10.9. The van der Waals surface area contributed by atoms with E-state index in [1.54, 1.807) is 0 Å². The molecule has 0 unspecified atom stereocenters. The second-order valence-corrected chi connectivity index (χ2v) is 4.13. The minimum absolute atomic E-state index is 0.118. The summed E-state index contributed by atoms with van der Waals surface area (Å²) in [5.74, 6) is -0.346. The molecule has 2 amide bonds. The minimum Gasteiger partial charge on any atom is -0.453 e. The molecule has 0 aliphatic heterocycles. The van der Waals surface area contributed by atoms with Gasteiger partial charge in [0, 0.05) is 25.7 Å². The molecule has 0 spiro atoms. The van der Waals surface area contributed by atoms with Crippen LogP contribution in [0, 0.1) is 0 Å². The molecule has 0 bridgehead atoms. The lowest BCUT2D eigenvalue weighted by atomic mass is 10.2. The first kappa shape index (κ1) is 16.8. The molecule has 116 valence electrons. The number of carbonyl (C=O) groups is 2. The van der Waals surface area contributed by atoms with Gasteiger partial charge in [-0.05, 0) is 24.3 Å². The molecule has 1 rings (SSSR count). The van der Waals surface area contributed by atoms with Crippen LogP contribution in [0.3, 0.4) is 0 Å². The van der Waals surface area contributed by atoms with Crippen LogP contribution in [0.2, 0.25) is 0 Å². The largest absolute Gasteiger partial charge is 0.453 e. The van der Waals surface area contributed by atoms with E-state index < -0.39 is 17.8 Å². The number of benzene rings is 1. The second kappa shape index (κ2) is 6.96. The molecule has 1 aromatic carbocycles. The van der Waals surface area contributed by atoms with Gasteiger partial charge in [-0.2, -0.15) is 13.2 Å². The van der Waals surface area contributed by atoms with Gasteiger partial charge in [0.2, 0.25) is 5.91 Å². The highest BCUT2D eigenvalue weighted by Gasteiger charge is 2.30. The third-order valence-corrected chi connectivity index (χ3v) is 2.68.